The monoisotopic (exact) mass is 532 g/mol. The number of rotatable bonds is 6. The van der Waals surface area contributed by atoms with Gasteiger partial charge >= 0.3 is 0 Å². The molecule has 11 nitrogen and oxygen atoms in total. The van der Waals surface area contributed by atoms with Crippen LogP contribution in [0.3, 0.4) is 0 Å². The van der Waals surface area contributed by atoms with E-state index in [0.29, 0.717) is 23.1 Å². The van der Waals surface area contributed by atoms with Crippen molar-refractivity contribution in [1.29, 1.82) is 0 Å². The van der Waals surface area contributed by atoms with Crippen molar-refractivity contribution < 1.29 is 24.0 Å². The van der Waals surface area contributed by atoms with E-state index in [2.05, 4.69) is 20.2 Å². The lowest BCUT2D eigenvalue weighted by Gasteiger charge is -2.48. The molecule has 3 saturated heterocycles. The van der Waals surface area contributed by atoms with Crippen LogP contribution in [0.15, 0.2) is 30.6 Å². The Morgan fingerprint density at radius 1 is 1.00 bits per heavy atom. The Morgan fingerprint density at radius 3 is 2.41 bits per heavy atom. The zero-order valence-electron chi connectivity index (χ0n) is 22.1. The number of piperidine rings is 2. The van der Waals surface area contributed by atoms with Crippen LogP contribution in [-0.4, -0.2) is 87.8 Å². The van der Waals surface area contributed by atoms with Crippen LogP contribution in [0.4, 0.5) is 5.69 Å². The molecule has 1 aromatic heterocycles. The first-order valence-electron chi connectivity index (χ1n) is 13.5. The van der Waals surface area contributed by atoms with Gasteiger partial charge < -0.3 is 9.69 Å². The van der Waals surface area contributed by atoms with Crippen LogP contribution >= 0.6 is 0 Å². The molecule has 0 aliphatic carbocycles. The third-order valence-electron chi connectivity index (χ3n) is 8.65. The van der Waals surface area contributed by atoms with E-state index in [-0.39, 0.29) is 18.7 Å². The Bertz CT molecular complexity index is 1370. The van der Waals surface area contributed by atoms with Crippen LogP contribution in [0.25, 0.3) is 0 Å². The van der Waals surface area contributed by atoms with Gasteiger partial charge in [-0.3, -0.25) is 39.0 Å². The third kappa shape index (κ3) is 4.34. The van der Waals surface area contributed by atoms with Gasteiger partial charge in [0.1, 0.15) is 17.9 Å². The third-order valence-corrected chi connectivity index (χ3v) is 8.65. The maximum absolute atomic E-state index is 13.1. The molecule has 6 rings (SSSR count). The number of nitrogens with zero attached hydrogens (tertiary/aromatic N) is 5. The molecule has 0 bridgehead atoms. The highest BCUT2D eigenvalue weighted by Gasteiger charge is 2.45. The highest BCUT2D eigenvalue weighted by Crippen LogP contribution is 2.35. The van der Waals surface area contributed by atoms with E-state index in [9.17, 15) is 24.0 Å². The average Bonchev–Trinajstić information content (AvgIpc) is 3.49. The summed E-state index contributed by atoms with van der Waals surface area (Å²) in [5.41, 5.74) is 2.03. The number of aromatic nitrogens is 2. The first-order valence-corrected chi connectivity index (χ1v) is 13.5. The summed E-state index contributed by atoms with van der Waals surface area (Å²) in [7, 11) is 0. The Balaban J connectivity index is 1.05. The smallest absolute Gasteiger partial charge is 0.262 e. The maximum Gasteiger partial charge on any atom is 0.262 e. The fourth-order valence-electron chi connectivity index (χ4n) is 6.07. The van der Waals surface area contributed by atoms with Gasteiger partial charge in [0.05, 0.1) is 17.3 Å². The summed E-state index contributed by atoms with van der Waals surface area (Å²) in [4.78, 5) is 67.0. The predicted octanol–water partition coefficient (Wildman–Crippen LogP) is 1.29. The average molecular weight is 533 g/mol. The quantitative estimate of drug-likeness (QED) is 0.436. The van der Waals surface area contributed by atoms with Gasteiger partial charge in [-0.25, -0.2) is 0 Å². The molecule has 1 N–H and O–H groups in total. The summed E-state index contributed by atoms with van der Waals surface area (Å²) >= 11 is 0. The standard InChI is InChI=1S/C28H32N6O5/c1-28(2,16-35)33-13-18(12-29-33)17-7-9-31(10-8-17)20-14-32(15-20)19-3-4-21-22(11-19)27(39)34(26(21)38)23-5-6-24(36)30-25(23)37/h3-4,11-13,16-17,20,23H,5-10,14-15H2,1-2H3,(H,30,36,37). The van der Waals surface area contributed by atoms with E-state index >= 15 is 0 Å². The molecule has 204 valence electrons. The van der Waals surface area contributed by atoms with Crippen molar-refractivity contribution in [2.45, 2.75) is 63.1 Å². The molecule has 2 aromatic rings. The van der Waals surface area contributed by atoms with E-state index in [0.717, 1.165) is 55.9 Å². The van der Waals surface area contributed by atoms with Crippen molar-refractivity contribution in [3.63, 3.8) is 0 Å². The molecule has 5 heterocycles. The van der Waals surface area contributed by atoms with Crippen molar-refractivity contribution >= 4 is 35.6 Å². The molecular weight excluding hydrogens is 500 g/mol. The first-order chi connectivity index (χ1) is 18.7. The molecule has 3 fully saturated rings. The lowest BCUT2D eigenvalue weighted by atomic mass is 9.90. The Kier molecular flexibility index (Phi) is 6.13. The van der Waals surface area contributed by atoms with Crippen LogP contribution in [0.1, 0.15) is 71.7 Å². The number of hydrogen-bond donors (Lipinski definition) is 1. The van der Waals surface area contributed by atoms with Gasteiger partial charge in [-0.15, -0.1) is 0 Å². The Hall–Kier alpha value is -3.86. The number of carbonyl (C=O) groups is 5. The minimum absolute atomic E-state index is 0.101. The van der Waals surface area contributed by atoms with Crippen LogP contribution < -0.4 is 10.2 Å². The second-order valence-corrected chi connectivity index (χ2v) is 11.5. The Morgan fingerprint density at radius 2 is 1.72 bits per heavy atom. The molecule has 1 atom stereocenters. The molecule has 1 unspecified atom stereocenters. The summed E-state index contributed by atoms with van der Waals surface area (Å²) in [6, 6.07) is 4.75. The molecule has 4 amide bonds. The van der Waals surface area contributed by atoms with Crippen LogP contribution in [0, 0.1) is 0 Å². The fourth-order valence-corrected chi connectivity index (χ4v) is 6.07. The molecule has 11 heteroatoms. The number of hydrogen-bond acceptors (Lipinski definition) is 8. The molecule has 1 aromatic carbocycles. The van der Waals surface area contributed by atoms with Crippen LogP contribution in [-0.2, 0) is 19.9 Å². The summed E-state index contributed by atoms with van der Waals surface area (Å²) in [5.74, 6) is -1.53. The van der Waals surface area contributed by atoms with Gasteiger partial charge in [0.25, 0.3) is 11.8 Å². The highest BCUT2D eigenvalue weighted by atomic mass is 16.2. The molecule has 4 aliphatic rings. The van der Waals surface area contributed by atoms with Crippen LogP contribution in [0.2, 0.25) is 0 Å². The number of carbonyl (C=O) groups excluding carboxylic acids is 5. The molecule has 0 saturated carbocycles. The normalized spacial score (nSPS) is 23.2. The minimum Gasteiger partial charge on any atom is -0.368 e. The minimum atomic E-state index is -0.958. The van der Waals surface area contributed by atoms with Gasteiger partial charge in [-0.05, 0) is 75.9 Å². The number of benzene rings is 1. The summed E-state index contributed by atoms with van der Waals surface area (Å²) in [6.45, 7) is 7.37. The van der Waals surface area contributed by atoms with Crippen molar-refractivity contribution in [3.8, 4) is 0 Å². The van der Waals surface area contributed by atoms with Crippen LogP contribution in [0.5, 0.6) is 0 Å². The zero-order chi connectivity index (χ0) is 27.5. The summed E-state index contributed by atoms with van der Waals surface area (Å²) in [5, 5.41) is 6.64. The number of likely N-dealkylation sites (tertiary alicyclic amines) is 1. The predicted molar refractivity (Wildman–Crippen MR) is 140 cm³/mol. The first kappa shape index (κ1) is 25.4. The molecule has 39 heavy (non-hydrogen) atoms. The number of amides is 4. The highest BCUT2D eigenvalue weighted by molar-refractivity contribution is 6.23. The van der Waals surface area contributed by atoms with Crippen molar-refractivity contribution in [2.75, 3.05) is 31.1 Å². The van der Waals surface area contributed by atoms with Gasteiger partial charge in [-0.2, -0.15) is 5.10 Å². The topological polar surface area (TPSA) is 125 Å². The van der Waals surface area contributed by atoms with Crippen molar-refractivity contribution in [1.82, 2.24) is 24.9 Å². The second kappa shape index (κ2) is 9.41. The van der Waals surface area contributed by atoms with Gasteiger partial charge in [0, 0.05) is 37.4 Å². The SMILES string of the molecule is CC(C)(C=O)n1cc(C2CCN(C3CN(c4ccc5c(c4)C(=O)N(C4CCC(=O)NC4=O)C5=O)C3)CC2)cn1. The van der Waals surface area contributed by atoms with E-state index in [1.54, 1.807) is 16.8 Å². The zero-order valence-corrected chi connectivity index (χ0v) is 22.1. The Labute approximate surface area is 226 Å². The van der Waals surface area contributed by atoms with Gasteiger partial charge in [0.15, 0.2) is 0 Å². The van der Waals surface area contributed by atoms with Crippen molar-refractivity contribution in [3.05, 3.63) is 47.3 Å². The summed E-state index contributed by atoms with van der Waals surface area (Å²) in [6.07, 6.45) is 7.12. The number of anilines is 1. The lowest BCUT2D eigenvalue weighted by Crippen LogP contribution is -2.60. The molecular formula is C28H32N6O5. The number of aldehydes is 1. The van der Waals surface area contributed by atoms with E-state index in [1.165, 1.54) is 5.56 Å². The molecule has 0 radical (unpaired) electrons. The summed E-state index contributed by atoms with van der Waals surface area (Å²) < 4.78 is 1.74. The van der Waals surface area contributed by atoms with E-state index in [1.807, 2.05) is 32.3 Å². The maximum atomic E-state index is 13.1. The lowest BCUT2D eigenvalue weighted by molar-refractivity contribution is -0.136. The van der Waals surface area contributed by atoms with E-state index < -0.39 is 29.3 Å². The van der Waals surface area contributed by atoms with Crippen molar-refractivity contribution in [2.24, 2.45) is 0 Å². The van der Waals surface area contributed by atoms with Gasteiger partial charge in [0.2, 0.25) is 11.8 Å². The number of fused-ring (bicyclic) bond motifs is 1. The van der Waals surface area contributed by atoms with Gasteiger partial charge in [-0.1, -0.05) is 0 Å². The second-order valence-electron chi connectivity index (χ2n) is 11.5. The number of imide groups is 2. The fraction of sp³-hybridized carbons (Fsp3) is 0.500. The largest absolute Gasteiger partial charge is 0.368 e. The molecule has 0 spiro atoms. The van der Waals surface area contributed by atoms with E-state index in [4.69, 9.17) is 0 Å². The molecule has 4 aliphatic heterocycles. The number of nitrogens with one attached hydrogen (secondary N) is 1.